The van der Waals surface area contributed by atoms with Gasteiger partial charge in [-0.1, -0.05) is 49.7 Å². The Morgan fingerprint density at radius 3 is 2.83 bits per heavy atom. The molecule has 2 amide bonds. The summed E-state index contributed by atoms with van der Waals surface area (Å²) in [6, 6.07) is 12.8. The van der Waals surface area contributed by atoms with Crippen molar-refractivity contribution >= 4 is 34.2 Å². The number of carbonyl (C=O) groups is 3. The molecule has 2 N–H and O–H groups in total. The maximum atomic E-state index is 12.7. The molecule has 0 radical (unpaired) electrons. The van der Waals surface area contributed by atoms with E-state index in [-0.39, 0.29) is 24.8 Å². The van der Waals surface area contributed by atoms with Crippen molar-refractivity contribution in [1.29, 1.82) is 0 Å². The molecule has 0 spiro atoms. The first-order valence-corrected chi connectivity index (χ1v) is 10.0. The average Bonchev–Trinajstić information content (AvgIpc) is 2.71. The second-order valence-corrected chi connectivity index (χ2v) is 7.13. The number of rotatable bonds is 8. The van der Waals surface area contributed by atoms with Crippen molar-refractivity contribution in [2.75, 3.05) is 31.6 Å². The SMILES string of the molecule is CCCCOC(=O)CC1C(=O)NCCN1CC(=O)Nc1cccc2ccccc12. The molecule has 1 saturated heterocycles. The molecule has 0 saturated carbocycles. The summed E-state index contributed by atoms with van der Waals surface area (Å²) < 4.78 is 5.18. The Bertz CT molecular complexity index is 878. The summed E-state index contributed by atoms with van der Waals surface area (Å²) in [7, 11) is 0. The zero-order valence-corrected chi connectivity index (χ0v) is 16.6. The van der Waals surface area contributed by atoms with Crippen LogP contribution in [0, 0.1) is 0 Å². The van der Waals surface area contributed by atoms with E-state index >= 15 is 0 Å². The fourth-order valence-electron chi connectivity index (χ4n) is 3.43. The Balaban J connectivity index is 1.63. The number of nitrogens with zero attached hydrogens (tertiary/aromatic N) is 1. The number of fused-ring (bicyclic) bond motifs is 1. The van der Waals surface area contributed by atoms with Gasteiger partial charge in [0, 0.05) is 24.2 Å². The molecule has 1 aliphatic rings. The number of carbonyl (C=O) groups excluding carboxylic acids is 3. The van der Waals surface area contributed by atoms with Crippen molar-refractivity contribution in [3.05, 3.63) is 42.5 Å². The third-order valence-electron chi connectivity index (χ3n) is 4.97. The van der Waals surface area contributed by atoms with Gasteiger partial charge in [-0.25, -0.2) is 0 Å². The molecule has 1 aliphatic heterocycles. The molecule has 0 aromatic heterocycles. The zero-order valence-electron chi connectivity index (χ0n) is 16.6. The molecular weight excluding hydrogens is 370 g/mol. The summed E-state index contributed by atoms with van der Waals surface area (Å²) >= 11 is 0. The highest BCUT2D eigenvalue weighted by Crippen LogP contribution is 2.23. The zero-order chi connectivity index (χ0) is 20.6. The van der Waals surface area contributed by atoms with Crippen LogP contribution in [0.1, 0.15) is 26.2 Å². The summed E-state index contributed by atoms with van der Waals surface area (Å²) in [5.41, 5.74) is 0.727. The largest absolute Gasteiger partial charge is 0.466 e. The van der Waals surface area contributed by atoms with Gasteiger partial charge in [0.1, 0.15) is 6.04 Å². The van der Waals surface area contributed by atoms with E-state index < -0.39 is 12.0 Å². The van der Waals surface area contributed by atoms with Crippen LogP contribution < -0.4 is 10.6 Å². The summed E-state index contributed by atoms with van der Waals surface area (Å²) in [4.78, 5) is 38.8. The van der Waals surface area contributed by atoms with E-state index in [1.807, 2.05) is 49.4 Å². The fraction of sp³-hybridized carbons (Fsp3) is 0.409. The van der Waals surface area contributed by atoms with Crippen molar-refractivity contribution in [3.8, 4) is 0 Å². The van der Waals surface area contributed by atoms with Gasteiger partial charge < -0.3 is 15.4 Å². The Labute approximate surface area is 170 Å². The Kier molecular flexibility index (Phi) is 7.19. The predicted octanol–water partition coefficient (Wildman–Crippen LogP) is 2.31. The summed E-state index contributed by atoms with van der Waals surface area (Å²) in [6.07, 6.45) is 1.66. The van der Waals surface area contributed by atoms with Crippen molar-refractivity contribution < 1.29 is 19.1 Å². The van der Waals surface area contributed by atoms with E-state index in [0.29, 0.717) is 19.7 Å². The number of hydrogen-bond donors (Lipinski definition) is 2. The summed E-state index contributed by atoms with van der Waals surface area (Å²) in [5, 5.41) is 7.69. The monoisotopic (exact) mass is 397 g/mol. The number of unbranched alkanes of at least 4 members (excludes halogenated alkanes) is 1. The minimum atomic E-state index is -0.698. The van der Waals surface area contributed by atoms with Gasteiger partial charge in [0.2, 0.25) is 11.8 Å². The molecule has 1 unspecified atom stereocenters. The molecule has 7 nitrogen and oxygen atoms in total. The number of ether oxygens (including phenoxy) is 1. The normalized spacial score (nSPS) is 17.0. The van der Waals surface area contributed by atoms with Gasteiger partial charge in [0.25, 0.3) is 0 Å². The maximum absolute atomic E-state index is 12.7. The topological polar surface area (TPSA) is 87.7 Å². The lowest BCUT2D eigenvalue weighted by Crippen LogP contribution is -2.57. The van der Waals surface area contributed by atoms with Gasteiger partial charge in [0.05, 0.1) is 19.6 Å². The molecule has 7 heteroatoms. The Morgan fingerprint density at radius 2 is 2.00 bits per heavy atom. The summed E-state index contributed by atoms with van der Waals surface area (Å²) in [5.74, 6) is -0.887. The lowest BCUT2D eigenvalue weighted by molar-refractivity contribution is -0.149. The molecule has 1 fully saturated rings. The van der Waals surface area contributed by atoms with Crippen LogP contribution in [0.5, 0.6) is 0 Å². The van der Waals surface area contributed by atoms with Crippen molar-refractivity contribution in [1.82, 2.24) is 10.2 Å². The van der Waals surface area contributed by atoms with Gasteiger partial charge >= 0.3 is 5.97 Å². The minimum absolute atomic E-state index is 0.0313. The number of piperazine rings is 1. The molecule has 2 aromatic rings. The molecule has 154 valence electrons. The first-order valence-electron chi connectivity index (χ1n) is 10.0. The lowest BCUT2D eigenvalue weighted by atomic mass is 10.1. The second-order valence-electron chi connectivity index (χ2n) is 7.13. The second kappa shape index (κ2) is 10.0. The number of esters is 1. The van der Waals surface area contributed by atoms with E-state index in [4.69, 9.17) is 4.74 Å². The highest BCUT2D eigenvalue weighted by atomic mass is 16.5. The van der Waals surface area contributed by atoms with E-state index in [1.54, 1.807) is 4.90 Å². The van der Waals surface area contributed by atoms with E-state index in [9.17, 15) is 14.4 Å². The Hall–Kier alpha value is -2.93. The standard InChI is InChI=1S/C22H27N3O4/c1-2-3-13-29-21(27)14-19-22(28)23-11-12-25(19)15-20(26)24-18-10-6-8-16-7-4-5-9-17(16)18/h4-10,19H,2-3,11-15H2,1H3,(H,23,28)(H,24,26). The van der Waals surface area contributed by atoms with Gasteiger partial charge in [-0.05, 0) is 17.9 Å². The third-order valence-corrected chi connectivity index (χ3v) is 4.97. The minimum Gasteiger partial charge on any atom is -0.466 e. The lowest BCUT2D eigenvalue weighted by Gasteiger charge is -2.33. The van der Waals surface area contributed by atoms with Crippen LogP contribution in [0.15, 0.2) is 42.5 Å². The molecule has 0 bridgehead atoms. The summed E-state index contributed by atoms with van der Waals surface area (Å²) in [6.45, 7) is 3.34. The van der Waals surface area contributed by atoms with Crippen LogP contribution in [-0.2, 0) is 19.1 Å². The predicted molar refractivity (Wildman–Crippen MR) is 111 cm³/mol. The van der Waals surface area contributed by atoms with Crippen LogP contribution in [0.25, 0.3) is 10.8 Å². The van der Waals surface area contributed by atoms with Crippen LogP contribution in [0.4, 0.5) is 5.69 Å². The molecule has 2 aromatic carbocycles. The first kappa shape index (κ1) is 20.8. The van der Waals surface area contributed by atoms with Crippen LogP contribution in [0.3, 0.4) is 0 Å². The number of amides is 2. The smallest absolute Gasteiger partial charge is 0.307 e. The fourth-order valence-corrected chi connectivity index (χ4v) is 3.43. The van der Waals surface area contributed by atoms with Crippen molar-refractivity contribution in [3.63, 3.8) is 0 Å². The number of nitrogens with one attached hydrogen (secondary N) is 2. The van der Waals surface area contributed by atoms with Gasteiger partial charge in [-0.3, -0.25) is 19.3 Å². The Morgan fingerprint density at radius 1 is 1.21 bits per heavy atom. The van der Waals surface area contributed by atoms with Crippen LogP contribution in [-0.4, -0.2) is 55.0 Å². The first-order chi connectivity index (χ1) is 14.1. The quantitative estimate of drug-likeness (QED) is 0.527. The van der Waals surface area contributed by atoms with Crippen molar-refractivity contribution in [2.24, 2.45) is 0 Å². The average molecular weight is 397 g/mol. The number of anilines is 1. The molecule has 0 aliphatic carbocycles. The molecule has 3 rings (SSSR count). The van der Waals surface area contributed by atoms with Crippen LogP contribution >= 0.6 is 0 Å². The third kappa shape index (κ3) is 5.54. The highest BCUT2D eigenvalue weighted by Gasteiger charge is 2.33. The number of benzene rings is 2. The van der Waals surface area contributed by atoms with E-state index in [0.717, 1.165) is 29.3 Å². The van der Waals surface area contributed by atoms with Crippen molar-refractivity contribution in [2.45, 2.75) is 32.2 Å². The van der Waals surface area contributed by atoms with E-state index in [1.165, 1.54) is 0 Å². The molecular formula is C22H27N3O4. The van der Waals surface area contributed by atoms with Gasteiger partial charge in [-0.2, -0.15) is 0 Å². The highest BCUT2D eigenvalue weighted by molar-refractivity contribution is 6.03. The van der Waals surface area contributed by atoms with E-state index in [2.05, 4.69) is 10.6 Å². The van der Waals surface area contributed by atoms with Gasteiger partial charge in [0.15, 0.2) is 0 Å². The molecule has 1 atom stereocenters. The number of hydrogen-bond acceptors (Lipinski definition) is 5. The molecule has 1 heterocycles. The molecule has 29 heavy (non-hydrogen) atoms. The van der Waals surface area contributed by atoms with Gasteiger partial charge in [-0.15, -0.1) is 0 Å². The van der Waals surface area contributed by atoms with Crippen LogP contribution in [0.2, 0.25) is 0 Å². The maximum Gasteiger partial charge on any atom is 0.307 e.